The highest BCUT2D eigenvalue weighted by Gasteiger charge is 2.16. The van der Waals surface area contributed by atoms with E-state index in [2.05, 4.69) is 9.55 Å². The maximum Gasteiger partial charge on any atom is 0.224 e. The number of nitrogens with zero attached hydrogens (tertiary/aromatic N) is 3. The van der Waals surface area contributed by atoms with Crippen LogP contribution in [0.4, 0.5) is 0 Å². The summed E-state index contributed by atoms with van der Waals surface area (Å²) in [4.78, 5) is 18.2. The molecule has 0 saturated heterocycles. The average Bonchev–Trinajstić information content (AvgIpc) is 2.85. The summed E-state index contributed by atoms with van der Waals surface area (Å²) in [5.41, 5.74) is 8.02. The largest absolute Gasteiger partial charge is 0.346 e. The number of hydrogen-bond donors (Lipinski definition) is 1. The van der Waals surface area contributed by atoms with E-state index in [1.165, 1.54) is 24.2 Å². The summed E-state index contributed by atoms with van der Waals surface area (Å²) in [7, 11) is 1.85. The van der Waals surface area contributed by atoms with Gasteiger partial charge in [0.05, 0.1) is 12.0 Å². The van der Waals surface area contributed by atoms with Gasteiger partial charge in [0.2, 0.25) is 5.91 Å². The van der Waals surface area contributed by atoms with E-state index in [0.29, 0.717) is 13.0 Å². The Morgan fingerprint density at radius 1 is 1.47 bits per heavy atom. The molecule has 0 aromatic carbocycles. The highest BCUT2D eigenvalue weighted by molar-refractivity contribution is 5.75. The van der Waals surface area contributed by atoms with Crippen LogP contribution in [0.25, 0.3) is 0 Å². The first-order valence-electron chi connectivity index (χ1n) is 7.19. The first-order chi connectivity index (χ1) is 9.22. The Hall–Kier alpha value is -1.36. The van der Waals surface area contributed by atoms with E-state index < -0.39 is 0 Å². The molecule has 0 fully saturated rings. The topological polar surface area (TPSA) is 64.2 Å². The van der Waals surface area contributed by atoms with Crippen molar-refractivity contribution in [3.63, 3.8) is 0 Å². The molecule has 19 heavy (non-hydrogen) atoms. The molecule has 1 aromatic heterocycles. The summed E-state index contributed by atoms with van der Waals surface area (Å²) < 4.78 is 2.16. The van der Waals surface area contributed by atoms with E-state index in [9.17, 15) is 4.79 Å². The minimum atomic E-state index is 0.187. The van der Waals surface area contributed by atoms with Crippen LogP contribution in [0.5, 0.6) is 0 Å². The molecule has 1 amide bonds. The molecule has 1 aliphatic rings. The Bertz CT molecular complexity index is 427. The fourth-order valence-corrected chi connectivity index (χ4v) is 2.58. The molecular weight excluding hydrogens is 240 g/mol. The van der Waals surface area contributed by atoms with Gasteiger partial charge in [-0.25, -0.2) is 4.98 Å². The zero-order valence-corrected chi connectivity index (χ0v) is 11.8. The van der Waals surface area contributed by atoms with Crippen molar-refractivity contribution in [3.8, 4) is 0 Å². The molecule has 2 rings (SSSR count). The highest BCUT2D eigenvalue weighted by Crippen LogP contribution is 2.20. The van der Waals surface area contributed by atoms with Crippen LogP contribution in [0.2, 0.25) is 0 Å². The molecule has 0 unspecified atom stereocenters. The van der Waals surface area contributed by atoms with Crippen molar-refractivity contribution in [3.05, 3.63) is 17.7 Å². The van der Waals surface area contributed by atoms with E-state index >= 15 is 0 Å². The van der Waals surface area contributed by atoms with Crippen molar-refractivity contribution in [2.24, 2.45) is 5.73 Å². The van der Waals surface area contributed by atoms with Gasteiger partial charge >= 0.3 is 0 Å². The van der Waals surface area contributed by atoms with Crippen molar-refractivity contribution in [1.29, 1.82) is 0 Å². The lowest BCUT2D eigenvalue weighted by Gasteiger charge is -2.18. The summed E-state index contributed by atoms with van der Waals surface area (Å²) in [6.45, 7) is 2.12. The van der Waals surface area contributed by atoms with Crippen LogP contribution in [-0.2, 0) is 24.2 Å². The maximum atomic E-state index is 12.0. The molecule has 1 aliphatic carbocycles. The minimum Gasteiger partial charge on any atom is -0.346 e. The van der Waals surface area contributed by atoms with Gasteiger partial charge in [-0.3, -0.25) is 4.79 Å². The number of carbonyl (C=O) groups excluding carboxylic acids is 1. The van der Waals surface area contributed by atoms with Crippen LogP contribution in [0, 0.1) is 0 Å². The minimum absolute atomic E-state index is 0.187. The van der Waals surface area contributed by atoms with Gasteiger partial charge in [0, 0.05) is 32.3 Å². The lowest BCUT2D eigenvalue weighted by atomic mass is 10.0. The summed E-state index contributed by atoms with van der Waals surface area (Å²) >= 11 is 0. The molecule has 0 aliphatic heterocycles. The molecule has 106 valence electrons. The monoisotopic (exact) mass is 264 g/mol. The number of hydrogen-bond acceptors (Lipinski definition) is 3. The van der Waals surface area contributed by atoms with Crippen molar-refractivity contribution in [2.75, 3.05) is 20.1 Å². The van der Waals surface area contributed by atoms with E-state index in [1.807, 2.05) is 13.4 Å². The van der Waals surface area contributed by atoms with Gasteiger partial charge < -0.3 is 15.2 Å². The molecule has 1 heterocycles. The van der Waals surface area contributed by atoms with Gasteiger partial charge in [0.15, 0.2) is 0 Å². The average molecular weight is 264 g/mol. The number of fused-ring (bicyclic) bond motifs is 1. The molecule has 2 N–H and O–H groups in total. The predicted octanol–water partition coefficient (Wildman–Crippen LogP) is 0.959. The quantitative estimate of drug-likeness (QED) is 0.832. The van der Waals surface area contributed by atoms with E-state index in [0.717, 1.165) is 32.4 Å². The SMILES string of the molecule is CN(CCCN)C(=O)CCn1cnc2c1CCCC2. The van der Waals surface area contributed by atoms with Gasteiger partial charge in [0.25, 0.3) is 0 Å². The summed E-state index contributed by atoms with van der Waals surface area (Å²) in [5.74, 6) is 0.187. The van der Waals surface area contributed by atoms with Gasteiger partial charge in [-0.05, 0) is 38.6 Å². The Morgan fingerprint density at radius 3 is 3.05 bits per heavy atom. The zero-order valence-electron chi connectivity index (χ0n) is 11.8. The molecule has 0 spiro atoms. The third-order valence-electron chi connectivity index (χ3n) is 3.80. The summed E-state index contributed by atoms with van der Waals surface area (Å²) in [6.07, 6.45) is 7.97. The van der Waals surface area contributed by atoms with E-state index in [4.69, 9.17) is 5.73 Å². The molecular formula is C14H24N4O. The molecule has 0 bridgehead atoms. The van der Waals surface area contributed by atoms with Crippen LogP contribution >= 0.6 is 0 Å². The number of imidazole rings is 1. The number of aromatic nitrogens is 2. The lowest BCUT2D eigenvalue weighted by molar-refractivity contribution is -0.130. The smallest absolute Gasteiger partial charge is 0.224 e. The third-order valence-corrected chi connectivity index (χ3v) is 3.80. The number of nitrogens with two attached hydrogens (primary N) is 1. The Morgan fingerprint density at radius 2 is 2.26 bits per heavy atom. The lowest BCUT2D eigenvalue weighted by Crippen LogP contribution is -2.29. The zero-order chi connectivity index (χ0) is 13.7. The van der Waals surface area contributed by atoms with Crippen molar-refractivity contribution in [1.82, 2.24) is 14.5 Å². The highest BCUT2D eigenvalue weighted by atomic mass is 16.2. The Labute approximate surface area is 114 Å². The molecule has 5 heteroatoms. The van der Waals surface area contributed by atoms with Crippen LogP contribution < -0.4 is 5.73 Å². The number of aryl methyl sites for hydroxylation is 2. The Balaban J connectivity index is 1.85. The second-order valence-corrected chi connectivity index (χ2v) is 5.25. The first-order valence-corrected chi connectivity index (χ1v) is 7.19. The van der Waals surface area contributed by atoms with Crippen LogP contribution in [0.1, 0.15) is 37.1 Å². The second kappa shape index (κ2) is 6.70. The van der Waals surface area contributed by atoms with E-state index in [1.54, 1.807) is 4.90 Å². The standard InChI is InChI=1S/C14H24N4O/c1-17(9-4-8-15)14(19)7-10-18-11-16-12-5-2-3-6-13(12)18/h11H,2-10,15H2,1H3. The third kappa shape index (κ3) is 3.56. The van der Waals surface area contributed by atoms with Gasteiger partial charge in [-0.1, -0.05) is 0 Å². The second-order valence-electron chi connectivity index (χ2n) is 5.25. The van der Waals surface area contributed by atoms with Crippen molar-refractivity contribution in [2.45, 2.75) is 45.1 Å². The summed E-state index contributed by atoms with van der Waals surface area (Å²) in [6, 6.07) is 0. The number of rotatable bonds is 6. The predicted molar refractivity (Wildman–Crippen MR) is 74.8 cm³/mol. The van der Waals surface area contributed by atoms with Gasteiger partial charge in [-0.2, -0.15) is 0 Å². The van der Waals surface area contributed by atoms with Crippen molar-refractivity contribution < 1.29 is 4.79 Å². The summed E-state index contributed by atoms with van der Waals surface area (Å²) in [5, 5.41) is 0. The van der Waals surface area contributed by atoms with Crippen LogP contribution in [0.3, 0.4) is 0 Å². The molecule has 0 atom stereocenters. The first kappa shape index (κ1) is 14.1. The van der Waals surface area contributed by atoms with Crippen LogP contribution in [0.15, 0.2) is 6.33 Å². The van der Waals surface area contributed by atoms with Crippen molar-refractivity contribution >= 4 is 5.91 Å². The van der Waals surface area contributed by atoms with Gasteiger partial charge in [0.1, 0.15) is 0 Å². The molecule has 5 nitrogen and oxygen atoms in total. The van der Waals surface area contributed by atoms with E-state index in [-0.39, 0.29) is 5.91 Å². The number of amides is 1. The fourth-order valence-electron chi connectivity index (χ4n) is 2.58. The van der Waals surface area contributed by atoms with Crippen LogP contribution in [-0.4, -0.2) is 40.5 Å². The number of carbonyl (C=O) groups is 1. The Kier molecular flexibility index (Phi) is 4.96. The normalized spacial score (nSPS) is 14.2. The molecule has 0 radical (unpaired) electrons. The molecule has 0 saturated carbocycles. The molecule has 1 aromatic rings. The van der Waals surface area contributed by atoms with Gasteiger partial charge in [-0.15, -0.1) is 0 Å². The maximum absolute atomic E-state index is 12.0. The fraction of sp³-hybridized carbons (Fsp3) is 0.714.